The number of carboxylic acids is 1. The zero-order valence-corrected chi connectivity index (χ0v) is 8.54. The number of H-pyrrole nitrogens is 1. The van der Waals surface area contributed by atoms with Gasteiger partial charge >= 0.3 is 5.97 Å². The molecule has 0 fully saturated rings. The van der Waals surface area contributed by atoms with Gasteiger partial charge in [-0.1, -0.05) is 0 Å². The standard InChI is InChI=1S/C10H8N4O3/c11-9(15)7-5(10(16)17)1-2-13-8(7)6-3-12-4-14-6/h1-4H,(H2,11,15)(H,12,14)(H,16,17). The molecular formula is C10H8N4O3. The highest BCUT2D eigenvalue weighted by molar-refractivity contribution is 6.07. The summed E-state index contributed by atoms with van der Waals surface area (Å²) in [6, 6.07) is 1.22. The maximum Gasteiger partial charge on any atom is 0.336 e. The average Bonchev–Trinajstić information content (AvgIpc) is 2.81. The zero-order valence-electron chi connectivity index (χ0n) is 8.54. The van der Waals surface area contributed by atoms with Gasteiger partial charge in [0.2, 0.25) is 0 Å². The van der Waals surface area contributed by atoms with E-state index < -0.39 is 11.9 Å². The maximum atomic E-state index is 11.3. The Labute approximate surface area is 95.3 Å². The molecular weight excluding hydrogens is 224 g/mol. The summed E-state index contributed by atoms with van der Waals surface area (Å²) in [7, 11) is 0. The summed E-state index contributed by atoms with van der Waals surface area (Å²) < 4.78 is 0. The van der Waals surface area contributed by atoms with Crippen LogP contribution in [0, 0.1) is 0 Å². The van der Waals surface area contributed by atoms with Crippen molar-refractivity contribution < 1.29 is 14.7 Å². The number of hydrogen-bond donors (Lipinski definition) is 3. The number of nitrogens with two attached hydrogens (primary N) is 1. The van der Waals surface area contributed by atoms with E-state index in [4.69, 9.17) is 10.8 Å². The lowest BCUT2D eigenvalue weighted by molar-refractivity contribution is 0.0692. The lowest BCUT2D eigenvalue weighted by atomic mass is 10.0. The maximum absolute atomic E-state index is 11.3. The molecule has 4 N–H and O–H groups in total. The van der Waals surface area contributed by atoms with E-state index in [0.717, 1.165) is 0 Å². The minimum atomic E-state index is -1.24. The van der Waals surface area contributed by atoms with Gasteiger partial charge in [0.25, 0.3) is 5.91 Å². The van der Waals surface area contributed by atoms with Crippen molar-refractivity contribution in [3.05, 3.63) is 35.9 Å². The highest BCUT2D eigenvalue weighted by atomic mass is 16.4. The molecule has 2 aromatic heterocycles. The second-order valence-corrected chi connectivity index (χ2v) is 3.21. The Morgan fingerprint density at radius 1 is 1.35 bits per heavy atom. The molecule has 0 unspecified atom stereocenters. The van der Waals surface area contributed by atoms with Crippen molar-refractivity contribution in [1.29, 1.82) is 0 Å². The van der Waals surface area contributed by atoms with Crippen molar-refractivity contribution in [1.82, 2.24) is 15.0 Å². The lowest BCUT2D eigenvalue weighted by Crippen LogP contribution is -2.18. The fraction of sp³-hybridized carbons (Fsp3) is 0. The number of aromatic carboxylic acids is 1. The monoisotopic (exact) mass is 232 g/mol. The van der Waals surface area contributed by atoms with Crippen molar-refractivity contribution in [2.24, 2.45) is 5.73 Å². The van der Waals surface area contributed by atoms with E-state index in [1.54, 1.807) is 0 Å². The topological polar surface area (TPSA) is 122 Å². The van der Waals surface area contributed by atoms with E-state index >= 15 is 0 Å². The number of aromatic amines is 1. The molecule has 0 aliphatic heterocycles. The van der Waals surface area contributed by atoms with Crippen LogP contribution in [0.4, 0.5) is 0 Å². The Morgan fingerprint density at radius 3 is 2.65 bits per heavy atom. The fourth-order valence-electron chi connectivity index (χ4n) is 1.47. The highest BCUT2D eigenvalue weighted by Crippen LogP contribution is 2.21. The number of primary amides is 1. The molecule has 0 radical (unpaired) electrons. The molecule has 7 heteroatoms. The third-order valence-electron chi connectivity index (χ3n) is 2.17. The molecule has 0 saturated carbocycles. The molecule has 2 rings (SSSR count). The van der Waals surface area contributed by atoms with Crippen LogP contribution >= 0.6 is 0 Å². The third kappa shape index (κ3) is 1.85. The summed E-state index contributed by atoms with van der Waals surface area (Å²) in [4.78, 5) is 32.8. The van der Waals surface area contributed by atoms with E-state index in [2.05, 4.69) is 15.0 Å². The number of carbonyl (C=O) groups excluding carboxylic acids is 1. The molecule has 17 heavy (non-hydrogen) atoms. The van der Waals surface area contributed by atoms with E-state index in [9.17, 15) is 9.59 Å². The Bertz CT molecular complexity index is 577. The van der Waals surface area contributed by atoms with Crippen LogP contribution in [0.1, 0.15) is 20.7 Å². The van der Waals surface area contributed by atoms with Gasteiger partial charge in [-0.2, -0.15) is 0 Å². The second-order valence-electron chi connectivity index (χ2n) is 3.21. The second kappa shape index (κ2) is 4.05. The van der Waals surface area contributed by atoms with E-state index in [1.807, 2.05) is 0 Å². The number of hydrogen-bond acceptors (Lipinski definition) is 4. The molecule has 0 atom stereocenters. The van der Waals surface area contributed by atoms with E-state index in [1.165, 1.54) is 24.8 Å². The minimum absolute atomic E-state index is 0.146. The van der Waals surface area contributed by atoms with Gasteiger partial charge < -0.3 is 15.8 Å². The molecule has 7 nitrogen and oxygen atoms in total. The molecule has 0 spiro atoms. The zero-order chi connectivity index (χ0) is 12.4. The smallest absolute Gasteiger partial charge is 0.336 e. The first kappa shape index (κ1) is 10.8. The number of carboxylic acid groups (broad SMARTS) is 1. The first-order valence-corrected chi connectivity index (χ1v) is 4.62. The summed E-state index contributed by atoms with van der Waals surface area (Å²) in [5, 5.41) is 8.97. The molecule has 0 bridgehead atoms. The summed E-state index contributed by atoms with van der Waals surface area (Å²) in [6.45, 7) is 0. The van der Waals surface area contributed by atoms with Gasteiger partial charge in [-0.15, -0.1) is 0 Å². The van der Waals surface area contributed by atoms with Gasteiger partial charge in [-0.3, -0.25) is 9.78 Å². The molecule has 1 amide bonds. The predicted molar refractivity (Wildman–Crippen MR) is 57.3 cm³/mol. The summed E-state index contributed by atoms with van der Waals surface area (Å²) >= 11 is 0. The molecule has 0 aliphatic carbocycles. The van der Waals surface area contributed by atoms with Gasteiger partial charge in [0.05, 0.1) is 17.5 Å². The Balaban J connectivity index is 2.72. The van der Waals surface area contributed by atoms with E-state index in [-0.39, 0.29) is 16.8 Å². The van der Waals surface area contributed by atoms with Crippen LogP contribution in [0.25, 0.3) is 11.4 Å². The number of amides is 1. The Hall–Kier alpha value is -2.70. The number of carbonyl (C=O) groups is 2. The van der Waals surface area contributed by atoms with Crippen LogP contribution in [0.15, 0.2) is 24.8 Å². The summed E-state index contributed by atoms with van der Waals surface area (Å²) in [6.07, 6.45) is 4.19. The minimum Gasteiger partial charge on any atom is -0.478 e. The van der Waals surface area contributed by atoms with Crippen molar-refractivity contribution in [3.8, 4) is 11.4 Å². The molecule has 2 aromatic rings. The first-order valence-electron chi connectivity index (χ1n) is 4.62. The Kier molecular flexibility index (Phi) is 2.57. The number of imidazole rings is 1. The Morgan fingerprint density at radius 2 is 2.12 bits per heavy atom. The molecule has 0 aromatic carbocycles. The van der Waals surface area contributed by atoms with Crippen LogP contribution in [-0.4, -0.2) is 31.9 Å². The highest BCUT2D eigenvalue weighted by Gasteiger charge is 2.21. The number of pyridine rings is 1. The largest absolute Gasteiger partial charge is 0.478 e. The van der Waals surface area contributed by atoms with E-state index in [0.29, 0.717) is 5.69 Å². The predicted octanol–water partition coefficient (Wildman–Crippen LogP) is 0.269. The van der Waals surface area contributed by atoms with Crippen LogP contribution in [0.3, 0.4) is 0 Å². The van der Waals surface area contributed by atoms with Crippen LogP contribution < -0.4 is 5.73 Å². The molecule has 0 saturated heterocycles. The number of aromatic nitrogens is 3. The number of rotatable bonds is 3. The molecule has 86 valence electrons. The van der Waals surface area contributed by atoms with Crippen LogP contribution in [0.5, 0.6) is 0 Å². The number of nitrogens with zero attached hydrogens (tertiary/aromatic N) is 2. The van der Waals surface area contributed by atoms with Gasteiger partial charge in [0.15, 0.2) is 0 Å². The third-order valence-corrected chi connectivity index (χ3v) is 2.17. The van der Waals surface area contributed by atoms with Gasteiger partial charge in [-0.25, -0.2) is 9.78 Å². The van der Waals surface area contributed by atoms with Gasteiger partial charge in [0.1, 0.15) is 11.4 Å². The van der Waals surface area contributed by atoms with Gasteiger partial charge in [-0.05, 0) is 6.07 Å². The molecule has 2 heterocycles. The van der Waals surface area contributed by atoms with Crippen LogP contribution in [-0.2, 0) is 0 Å². The quantitative estimate of drug-likeness (QED) is 0.701. The average molecular weight is 232 g/mol. The molecule has 0 aliphatic rings. The van der Waals surface area contributed by atoms with Crippen LogP contribution in [0.2, 0.25) is 0 Å². The fourth-order valence-corrected chi connectivity index (χ4v) is 1.47. The van der Waals surface area contributed by atoms with Crippen molar-refractivity contribution in [2.45, 2.75) is 0 Å². The SMILES string of the molecule is NC(=O)c1c(C(=O)O)ccnc1-c1c[nH]cn1. The summed E-state index contributed by atoms with van der Waals surface area (Å²) in [5.74, 6) is -2.09. The lowest BCUT2D eigenvalue weighted by Gasteiger charge is -2.06. The summed E-state index contributed by atoms with van der Waals surface area (Å²) in [5.41, 5.74) is 5.36. The first-order chi connectivity index (χ1) is 8.11. The van der Waals surface area contributed by atoms with Crippen molar-refractivity contribution >= 4 is 11.9 Å². The van der Waals surface area contributed by atoms with Gasteiger partial charge in [0, 0.05) is 12.4 Å². The number of nitrogens with one attached hydrogen (secondary N) is 1. The van der Waals surface area contributed by atoms with Crippen molar-refractivity contribution in [3.63, 3.8) is 0 Å². The normalized spacial score (nSPS) is 10.1. The van der Waals surface area contributed by atoms with Crippen molar-refractivity contribution in [2.75, 3.05) is 0 Å².